The molecular formula is C26H46NO3+. The number of hydrogen-bond donors (Lipinski definition) is 0. The third-order valence-corrected chi connectivity index (χ3v) is 11.3. The molecule has 172 valence electrons. The van der Waals surface area contributed by atoms with Crippen LogP contribution in [-0.2, 0) is 14.3 Å². The van der Waals surface area contributed by atoms with Gasteiger partial charge < -0.3 is 14.0 Å². The van der Waals surface area contributed by atoms with Crippen LogP contribution in [0.2, 0.25) is 0 Å². The van der Waals surface area contributed by atoms with E-state index in [0.29, 0.717) is 33.9 Å². The highest BCUT2D eigenvalue weighted by Crippen LogP contribution is 2.67. The van der Waals surface area contributed by atoms with Gasteiger partial charge in [-0.3, -0.25) is 0 Å². The third-order valence-electron chi connectivity index (χ3n) is 11.3. The molecule has 4 rings (SSSR count). The highest BCUT2D eigenvalue weighted by Gasteiger charge is 2.63. The molecular weight excluding hydrogens is 374 g/mol. The fraction of sp³-hybridized carbons (Fsp3) is 0.962. The van der Waals surface area contributed by atoms with Crippen LogP contribution in [0.25, 0.3) is 0 Å². The van der Waals surface area contributed by atoms with Crippen molar-refractivity contribution in [2.75, 3.05) is 33.8 Å². The third kappa shape index (κ3) is 3.18. The Morgan fingerprint density at radius 1 is 0.867 bits per heavy atom. The highest BCUT2D eigenvalue weighted by atomic mass is 16.5. The lowest BCUT2D eigenvalue weighted by molar-refractivity contribution is -0.883. The van der Waals surface area contributed by atoms with Gasteiger partial charge in [-0.1, -0.05) is 41.5 Å². The number of esters is 1. The van der Waals surface area contributed by atoms with E-state index in [0.717, 1.165) is 25.5 Å². The zero-order valence-corrected chi connectivity index (χ0v) is 20.8. The first-order valence-corrected chi connectivity index (χ1v) is 12.4. The summed E-state index contributed by atoms with van der Waals surface area (Å²) in [6, 6.07) is 0. The number of carbonyl (C=O) groups excluding carboxylic acids is 1. The molecule has 4 bridgehead atoms. The van der Waals surface area contributed by atoms with Crippen molar-refractivity contribution in [1.29, 1.82) is 0 Å². The molecule has 4 heteroatoms. The molecule has 0 amide bonds. The molecule has 30 heavy (non-hydrogen) atoms. The fourth-order valence-corrected chi connectivity index (χ4v) is 7.76. The lowest BCUT2D eigenvalue weighted by Gasteiger charge is -2.40. The van der Waals surface area contributed by atoms with Crippen LogP contribution in [0.3, 0.4) is 0 Å². The molecule has 0 N–H and O–H groups in total. The predicted octanol–water partition coefficient (Wildman–Crippen LogP) is 5.05. The molecule has 4 aliphatic rings. The average molecular weight is 421 g/mol. The minimum atomic E-state index is -0.0393. The molecule has 0 aromatic heterocycles. The lowest BCUT2D eigenvalue weighted by atomic mass is 9.70. The molecule has 0 radical (unpaired) electrons. The van der Waals surface area contributed by atoms with Gasteiger partial charge >= 0.3 is 5.97 Å². The summed E-state index contributed by atoms with van der Waals surface area (Å²) in [6.07, 6.45) is 7.83. The van der Waals surface area contributed by atoms with Crippen molar-refractivity contribution in [1.82, 2.24) is 0 Å². The minimum Gasteiger partial charge on any atom is -0.458 e. The van der Waals surface area contributed by atoms with Gasteiger partial charge in [-0.25, -0.2) is 4.79 Å². The maximum Gasteiger partial charge on any atom is 0.362 e. The smallest absolute Gasteiger partial charge is 0.362 e. The molecule has 4 fully saturated rings. The predicted molar refractivity (Wildman–Crippen MR) is 120 cm³/mol. The fourth-order valence-electron chi connectivity index (χ4n) is 7.76. The Bertz CT molecular complexity index is 698. The number of fused-ring (bicyclic) bond motifs is 4. The van der Waals surface area contributed by atoms with E-state index in [-0.39, 0.29) is 22.9 Å². The summed E-state index contributed by atoms with van der Waals surface area (Å²) < 4.78 is 13.2. The van der Waals surface area contributed by atoms with E-state index in [9.17, 15) is 4.79 Å². The second-order valence-electron chi connectivity index (χ2n) is 13.4. The molecule has 4 aliphatic carbocycles. The molecule has 0 heterocycles. The molecule has 0 unspecified atom stereocenters. The first-order chi connectivity index (χ1) is 13.7. The summed E-state index contributed by atoms with van der Waals surface area (Å²) in [7, 11) is 4.26. The Balaban J connectivity index is 1.26. The van der Waals surface area contributed by atoms with Crippen molar-refractivity contribution in [3.05, 3.63) is 0 Å². The molecule has 4 nitrogen and oxygen atoms in total. The van der Waals surface area contributed by atoms with Crippen LogP contribution in [0.5, 0.6) is 0 Å². The quantitative estimate of drug-likeness (QED) is 0.427. The number of quaternary nitrogens is 1. The van der Waals surface area contributed by atoms with E-state index in [1.807, 2.05) is 0 Å². The van der Waals surface area contributed by atoms with Crippen LogP contribution < -0.4 is 0 Å². The van der Waals surface area contributed by atoms with Crippen molar-refractivity contribution < 1.29 is 18.8 Å². The van der Waals surface area contributed by atoms with Gasteiger partial charge in [-0.05, 0) is 66.6 Å². The Labute approximate surface area is 184 Å². The van der Waals surface area contributed by atoms with E-state index in [4.69, 9.17) is 9.47 Å². The van der Waals surface area contributed by atoms with Crippen LogP contribution in [0.15, 0.2) is 0 Å². The summed E-state index contributed by atoms with van der Waals surface area (Å²) in [4.78, 5) is 12.8. The van der Waals surface area contributed by atoms with Crippen molar-refractivity contribution in [3.63, 3.8) is 0 Å². The van der Waals surface area contributed by atoms with Gasteiger partial charge in [-0.15, -0.1) is 0 Å². The van der Waals surface area contributed by atoms with E-state index >= 15 is 0 Å². The van der Waals surface area contributed by atoms with Crippen LogP contribution >= 0.6 is 0 Å². The number of likely N-dealkylation sites (N-methyl/N-ethyl adjacent to an activating group) is 1. The van der Waals surface area contributed by atoms with Gasteiger partial charge in [0.25, 0.3) is 0 Å². The SMILES string of the molecule is CC1(C)[C@@H]2CC[C@]1(C)[C@@H](OC(=O)C[N+](C)(C)CCO[C@@H]1C[C@@H]3CC[C@@]1(C)C3(C)C)C2. The van der Waals surface area contributed by atoms with E-state index in [1.54, 1.807) is 0 Å². The van der Waals surface area contributed by atoms with Gasteiger partial charge in [0.1, 0.15) is 12.6 Å². The second-order valence-corrected chi connectivity index (χ2v) is 13.4. The van der Waals surface area contributed by atoms with Gasteiger partial charge in [0.05, 0.1) is 26.8 Å². The largest absolute Gasteiger partial charge is 0.458 e. The summed E-state index contributed by atoms with van der Waals surface area (Å²) in [5, 5.41) is 0. The highest BCUT2D eigenvalue weighted by molar-refractivity contribution is 5.71. The van der Waals surface area contributed by atoms with E-state index in [2.05, 4.69) is 55.6 Å². The van der Waals surface area contributed by atoms with Gasteiger partial charge in [-0.2, -0.15) is 0 Å². The van der Waals surface area contributed by atoms with Crippen LogP contribution in [0, 0.1) is 33.5 Å². The standard InChI is InChI=1S/C26H46NO3/c1-23(2)18-9-11-25(23,5)20(15-18)29-14-13-27(7,8)17-22(28)30-21-16-19-10-12-26(21,6)24(19,3)4/h18-21H,9-17H2,1-8H3/q+1/t18-,19+,20+,21-,25+,26+/m0/s1. The Kier molecular flexibility index (Phi) is 5.22. The molecule has 6 atom stereocenters. The summed E-state index contributed by atoms with van der Waals surface area (Å²) in [6.45, 7) is 16.4. The monoisotopic (exact) mass is 420 g/mol. The van der Waals surface area contributed by atoms with Gasteiger partial charge in [0, 0.05) is 5.41 Å². The zero-order chi connectivity index (χ0) is 22.2. The average Bonchev–Trinajstić information content (AvgIpc) is 3.13. The molecule has 0 aromatic rings. The molecule has 0 saturated heterocycles. The summed E-state index contributed by atoms with van der Waals surface area (Å²) >= 11 is 0. The number of hydrogen-bond acceptors (Lipinski definition) is 3. The Morgan fingerprint density at radius 2 is 1.37 bits per heavy atom. The van der Waals surface area contributed by atoms with Crippen molar-refractivity contribution in [3.8, 4) is 0 Å². The van der Waals surface area contributed by atoms with Gasteiger partial charge in [0.15, 0.2) is 6.54 Å². The van der Waals surface area contributed by atoms with E-state index < -0.39 is 0 Å². The second kappa shape index (κ2) is 6.94. The van der Waals surface area contributed by atoms with Gasteiger partial charge in [0.2, 0.25) is 0 Å². The van der Waals surface area contributed by atoms with Crippen molar-refractivity contribution in [2.24, 2.45) is 33.5 Å². The minimum absolute atomic E-state index is 0.0393. The Hall–Kier alpha value is -0.610. The number of nitrogens with zero attached hydrogens (tertiary/aromatic N) is 1. The first-order valence-electron chi connectivity index (χ1n) is 12.4. The Morgan fingerprint density at radius 3 is 1.80 bits per heavy atom. The topological polar surface area (TPSA) is 35.5 Å². The first kappa shape index (κ1) is 22.6. The number of rotatable bonds is 7. The number of ether oxygens (including phenoxy) is 2. The van der Waals surface area contributed by atoms with Crippen LogP contribution in [-0.4, -0.2) is 56.5 Å². The zero-order valence-electron chi connectivity index (χ0n) is 20.8. The molecule has 0 spiro atoms. The van der Waals surface area contributed by atoms with Crippen LogP contribution in [0.4, 0.5) is 0 Å². The molecule has 4 saturated carbocycles. The molecule has 0 aliphatic heterocycles. The normalized spacial score (nSPS) is 43.3. The maximum absolute atomic E-state index is 12.8. The van der Waals surface area contributed by atoms with Crippen molar-refractivity contribution >= 4 is 5.97 Å². The number of carbonyl (C=O) groups is 1. The lowest BCUT2D eigenvalue weighted by Crippen LogP contribution is -2.49. The summed E-state index contributed by atoms with van der Waals surface area (Å²) in [5.74, 6) is 1.46. The van der Waals surface area contributed by atoms with E-state index in [1.165, 1.54) is 32.1 Å². The molecule has 0 aromatic carbocycles. The summed E-state index contributed by atoms with van der Waals surface area (Å²) in [5.41, 5.74) is 1.10. The van der Waals surface area contributed by atoms with Crippen LogP contribution in [0.1, 0.15) is 80.1 Å². The maximum atomic E-state index is 12.8. The van der Waals surface area contributed by atoms with Crippen molar-refractivity contribution in [2.45, 2.75) is 92.3 Å².